The zero-order chi connectivity index (χ0) is 15.6. The van der Waals surface area contributed by atoms with E-state index in [-0.39, 0.29) is 24.5 Å². The third kappa shape index (κ3) is 3.63. The molecule has 21 heavy (non-hydrogen) atoms. The molecule has 1 fully saturated rings. The molecule has 1 aliphatic carbocycles. The monoisotopic (exact) mass is 310 g/mol. The number of aryl methyl sites for hydroxylation is 1. The molecule has 1 aromatic rings. The van der Waals surface area contributed by atoms with Crippen molar-refractivity contribution >= 4 is 23.2 Å². The third-order valence-corrected chi connectivity index (χ3v) is 5.25. The molecule has 0 bridgehead atoms. The normalized spacial score (nSPS) is 21.1. The fourth-order valence-corrected chi connectivity index (χ4v) is 3.54. The maximum atomic E-state index is 12.2. The summed E-state index contributed by atoms with van der Waals surface area (Å²) in [7, 11) is 0. The lowest BCUT2D eigenvalue weighted by Gasteiger charge is -2.42. The smallest absolute Gasteiger partial charge is 0.317 e. The van der Waals surface area contributed by atoms with E-state index in [2.05, 4.69) is 5.32 Å². The van der Waals surface area contributed by atoms with Gasteiger partial charge < -0.3 is 10.4 Å². The highest BCUT2D eigenvalue weighted by Gasteiger charge is 2.35. The minimum Gasteiger partial charge on any atom is -0.480 e. The van der Waals surface area contributed by atoms with Crippen molar-refractivity contribution in [2.24, 2.45) is 0 Å². The Morgan fingerprint density at radius 1 is 1.43 bits per heavy atom. The van der Waals surface area contributed by atoms with Gasteiger partial charge in [-0.3, -0.25) is 14.5 Å². The zero-order valence-corrected chi connectivity index (χ0v) is 13.5. The third-order valence-electron chi connectivity index (χ3n) is 4.24. The first kappa shape index (κ1) is 16.0. The van der Waals surface area contributed by atoms with Gasteiger partial charge in [-0.05, 0) is 38.8 Å². The number of aliphatic carboxylic acids is 1. The Morgan fingerprint density at radius 2 is 2.10 bits per heavy atom. The van der Waals surface area contributed by atoms with E-state index in [9.17, 15) is 9.59 Å². The van der Waals surface area contributed by atoms with Crippen LogP contribution in [0.2, 0.25) is 0 Å². The van der Waals surface area contributed by atoms with E-state index < -0.39 is 5.97 Å². The molecule has 1 aliphatic rings. The fourth-order valence-electron chi connectivity index (χ4n) is 2.68. The van der Waals surface area contributed by atoms with Gasteiger partial charge in [0.1, 0.15) is 0 Å². The summed E-state index contributed by atoms with van der Waals surface area (Å²) in [5.41, 5.74) is 1.81. The number of nitrogens with zero attached hydrogens (tertiary/aromatic N) is 1. The van der Waals surface area contributed by atoms with Crippen LogP contribution < -0.4 is 5.32 Å². The average Bonchev–Trinajstić information content (AvgIpc) is 2.71. The SMILES string of the molecule is CCN(CC(=O)O)C1CC(NC(=O)c2csc(C)c2C)C1. The van der Waals surface area contributed by atoms with Gasteiger partial charge in [0.2, 0.25) is 0 Å². The highest BCUT2D eigenvalue weighted by Crippen LogP contribution is 2.27. The summed E-state index contributed by atoms with van der Waals surface area (Å²) in [6.07, 6.45) is 1.66. The molecule has 0 unspecified atom stereocenters. The first-order valence-electron chi connectivity index (χ1n) is 7.23. The number of nitrogens with one attached hydrogen (secondary N) is 1. The van der Waals surface area contributed by atoms with Crippen molar-refractivity contribution in [3.63, 3.8) is 0 Å². The topological polar surface area (TPSA) is 69.6 Å². The minimum absolute atomic E-state index is 0.0124. The van der Waals surface area contributed by atoms with E-state index >= 15 is 0 Å². The average molecular weight is 310 g/mol. The number of hydrogen-bond donors (Lipinski definition) is 2. The number of carboxylic acid groups (broad SMARTS) is 1. The van der Waals surface area contributed by atoms with E-state index in [1.165, 1.54) is 4.88 Å². The number of likely N-dealkylation sites (N-methyl/N-ethyl adjacent to an activating group) is 1. The Bertz CT molecular complexity index is 535. The molecule has 2 rings (SSSR count). The lowest BCUT2D eigenvalue weighted by atomic mass is 9.85. The van der Waals surface area contributed by atoms with Crippen LogP contribution in [-0.4, -0.2) is 47.1 Å². The number of thiophene rings is 1. The molecule has 0 spiro atoms. The standard InChI is InChI=1S/C15H22N2O3S/c1-4-17(7-14(18)19)12-5-11(6-12)16-15(20)13-8-21-10(3)9(13)2/h8,11-12H,4-7H2,1-3H3,(H,16,20)(H,18,19). The maximum Gasteiger partial charge on any atom is 0.317 e. The van der Waals surface area contributed by atoms with Crippen molar-refractivity contribution in [1.29, 1.82) is 0 Å². The van der Waals surface area contributed by atoms with Gasteiger partial charge in [-0.2, -0.15) is 0 Å². The second kappa shape index (κ2) is 6.58. The first-order chi connectivity index (χ1) is 9.92. The molecular formula is C15H22N2O3S. The molecule has 0 saturated heterocycles. The van der Waals surface area contributed by atoms with Crippen LogP contribution in [0.4, 0.5) is 0 Å². The summed E-state index contributed by atoms with van der Waals surface area (Å²) in [5.74, 6) is -0.810. The summed E-state index contributed by atoms with van der Waals surface area (Å²) in [6.45, 7) is 6.74. The second-order valence-corrected chi connectivity index (χ2v) is 6.67. The largest absolute Gasteiger partial charge is 0.480 e. The maximum absolute atomic E-state index is 12.2. The lowest BCUT2D eigenvalue weighted by molar-refractivity contribution is -0.139. The van der Waals surface area contributed by atoms with Gasteiger partial charge in [0.05, 0.1) is 12.1 Å². The molecule has 5 nitrogen and oxygen atoms in total. The lowest BCUT2D eigenvalue weighted by Crippen LogP contribution is -2.54. The highest BCUT2D eigenvalue weighted by molar-refractivity contribution is 7.10. The van der Waals surface area contributed by atoms with Gasteiger partial charge in [-0.1, -0.05) is 6.92 Å². The summed E-state index contributed by atoms with van der Waals surface area (Å²) in [4.78, 5) is 26.1. The van der Waals surface area contributed by atoms with E-state index in [1.54, 1.807) is 11.3 Å². The van der Waals surface area contributed by atoms with Crippen LogP contribution in [-0.2, 0) is 4.79 Å². The van der Waals surface area contributed by atoms with E-state index in [0.29, 0.717) is 0 Å². The molecule has 0 radical (unpaired) electrons. The molecule has 1 aromatic heterocycles. The zero-order valence-electron chi connectivity index (χ0n) is 12.7. The van der Waals surface area contributed by atoms with Crippen LogP contribution in [0.1, 0.15) is 40.6 Å². The van der Waals surface area contributed by atoms with Crippen molar-refractivity contribution in [2.45, 2.75) is 45.7 Å². The second-order valence-electron chi connectivity index (χ2n) is 5.58. The minimum atomic E-state index is -0.797. The summed E-state index contributed by atoms with van der Waals surface area (Å²) in [6, 6.07) is 0.423. The van der Waals surface area contributed by atoms with Crippen molar-refractivity contribution in [3.8, 4) is 0 Å². The first-order valence-corrected chi connectivity index (χ1v) is 8.11. The van der Waals surface area contributed by atoms with E-state index in [1.807, 2.05) is 31.1 Å². The van der Waals surface area contributed by atoms with Crippen LogP contribution in [0.5, 0.6) is 0 Å². The van der Waals surface area contributed by atoms with Crippen molar-refractivity contribution in [1.82, 2.24) is 10.2 Å². The van der Waals surface area contributed by atoms with Crippen molar-refractivity contribution in [2.75, 3.05) is 13.1 Å². The van der Waals surface area contributed by atoms with Gasteiger partial charge in [0.15, 0.2) is 0 Å². The van der Waals surface area contributed by atoms with Crippen LogP contribution >= 0.6 is 11.3 Å². The molecule has 1 saturated carbocycles. The molecular weight excluding hydrogens is 288 g/mol. The van der Waals surface area contributed by atoms with Gasteiger partial charge in [-0.15, -0.1) is 11.3 Å². The fraction of sp³-hybridized carbons (Fsp3) is 0.600. The van der Waals surface area contributed by atoms with Crippen LogP contribution in [0.3, 0.4) is 0 Å². The molecule has 1 amide bonds. The molecule has 1 heterocycles. The molecule has 2 N–H and O–H groups in total. The van der Waals surface area contributed by atoms with Gasteiger partial charge in [0, 0.05) is 22.3 Å². The Kier molecular flexibility index (Phi) is 5.00. The van der Waals surface area contributed by atoms with Gasteiger partial charge in [-0.25, -0.2) is 0 Å². The van der Waals surface area contributed by atoms with E-state index in [0.717, 1.165) is 30.5 Å². The number of carbonyl (C=O) groups is 2. The van der Waals surface area contributed by atoms with Crippen molar-refractivity contribution < 1.29 is 14.7 Å². The summed E-state index contributed by atoms with van der Waals surface area (Å²) in [5, 5.41) is 13.8. The quantitative estimate of drug-likeness (QED) is 0.843. The van der Waals surface area contributed by atoms with Crippen LogP contribution in [0.25, 0.3) is 0 Å². The Hall–Kier alpha value is -1.40. The molecule has 116 valence electrons. The Labute approximate surface area is 129 Å². The van der Waals surface area contributed by atoms with Gasteiger partial charge >= 0.3 is 5.97 Å². The Morgan fingerprint density at radius 3 is 2.57 bits per heavy atom. The van der Waals surface area contributed by atoms with Crippen molar-refractivity contribution in [3.05, 3.63) is 21.4 Å². The predicted molar refractivity (Wildman–Crippen MR) is 83.0 cm³/mol. The van der Waals surface area contributed by atoms with E-state index in [4.69, 9.17) is 5.11 Å². The highest BCUT2D eigenvalue weighted by atomic mass is 32.1. The predicted octanol–water partition coefficient (Wildman–Crippen LogP) is 2.03. The number of amides is 1. The van der Waals surface area contributed by atoms with Crippen LogP contribution in [0, 0.1) is 13.8 Å². The summed E-state index contributed by atoms with van der Waals surface area (Å²) < 4.78 is 0. The summed E-state index contributed by atoms with van der Waals surface area (Å²) >= 11 is 1.59. The number of hydrogen-bond acceptors (Lipinski definition) is 4. The van der Waals surface area contributed by atoms with Crippen LogP contribution in [0.15, 0.2) is 5.38 Å². The molecule has 6 heteroatoms. The molecule has 0 aliphatic heterocycles. The molecule has 0 aromatic carbocycles. The molecule has 0 atom stereocenters. The Balaban J connectivity index is 1.84. The number of rotatable bonds is 6. The van der Waals surface area contributed by atoms with Gasteiger partial charge in [0.25, 0.3) is 5.91 Å². The number of carboxylic acids is 1. The number of carbonyl (C=O) groups excluding carboxylic acids is 1.